The van der Waals surface area contributed by atoms with Gasteiger partial charge in [-0.3, -0.25) is 4.90 Å². The first-order chi connectivity index (χ1) is 9.25. The van der Waals surface area contributed by atoms with Crippen molar-refractivity contribution in [3.8, 4) is 0 Å². The van der Waals surface area contributed by atoms with E-state index in [0.29, 0.717) is 12.1 Å². The zero-order chi connectivity index (χ0) is 13.5. The molecular formula is C16H26N2O. The van der Waals surface area contributed by atoms with Gasteiger partial charge in [0.15, 0.2) is 0 Å². The maximum atomic E-state index is 5.81. The van der Waals surface area contributed by atoms with Crippen LogP contribution < -0.4 is 5.32 Å². The SMILES string of the molecule is CC(C)N1CCOC(CNCCc2ccccc2)C1. The molecule has 1 saturated heterocycles. The summed E-state index contributed by atoms with van der Waals surface area (Å²) in [7, 11) is 0. The van der Waals surface area contributed by atoms with Crippen LogP contribution in [0.4, 0.5) is 0 Å². The zero-order valence-electron chi connectivity index (χ0n) is 12.1. The summed E-state index contributed by atoms with van der Waals surface area (Å²) >= 11 is 0. The number of ether oxygens (including phenoxy) is 1. The van der Waals surface area contributed by atoms with Gasteiger partial charge in [0.2, 0.25) is 0 Å². The molecule has 1 aliphatic heterocycles. The molecule has 106 valence electrons. The maximum absolute atomic E-state index is 5.81. The van der Waals surface area contributed by atoms with Crippen LogP contribution in [0, 0.1) is 0 Å². The highest BCUT2D eigenvalue weighted by Gasteiger charge is 2.21. The predicted octanol–water partition coefficient (Wildman–Crippen LogP) is 1.93. The Morgan fingerprint density at radius 3 is 2.84 bits per heavy atom. The summed E-state index contributed by atoms with van der Waals surface area (Å²) < 4.78 is 5.81. The molecule has 0 aliphatic carbocycles. The minimum atomic E-state index is 0.340. The van der Waals surface area contributed by atoms with E-state index in [2.05, 4.69) is 54.4 Å². The van der Waals surface area contributed by atoms with Gasteiger partial charge < -0.3 is 10.1 Å². The van der Waals surface area contributed by atoms with Crippen LogP contribution in [0.15, 0.2) is 30.3 Å². The fourth-order valence-electron chi connectivity index (χ4n) is 2.48. The minimum Gasteiger partial charge on any atom is -0.374 e. The topological polar surface area (TPSA) is 24.5 Å². The third kappa shape index (κ3) is 4.94. The largest absolute Gasteiger partial charge is 0.374 e. The lowest BCUT2D eigenvalue weighted by molar-refractivity contribution is -0.0370. The zero-order valence-corrected chi connectivity index (χ0v) is 12.1. The molecule has 1 atom stereocenters. The summed E-state index contributed by atoms with van der Waals surface area (Å²) in [6, 6.07) is 11.2. The Labute approximate surface area is 116 Å². The Morgan fingerprint density at radius 1 is 1.32 bits per heavy atom. The van der Waals surface area contributed by atoms with Crippen LogP contribution in [-0.2, 0) is 11.2 Å². The van der Waals surface area contributed by atoms with Crippen molar-refractivity contribution in [3.63, 3.8) is 0 Å². The van der Waals surface area contributed by atoms with E-state index in [1.807, 2.05) is 0 Å². The van der Waals surface area contributed by atoms with E-state index in [9.17, 15) is 0 Å². The number of nitrogens with zero attached hydrogens (tertiary/aromatic N) is 1. The first-order valence-corrected chi connectivity index (χ1v) is 7.36. The molecule has 1 fully saturated rings. The fourth-order valence-corrected chi connectivity index (χ4v) is 2.48. The summed E-state index contributed by atoms with van der Waals surface area (Å²) in [6.45, 7) is 9.47. The molecule has 0 radical (unpaired) electrons. The van der Waals surface area contributed by atoms with Gasteiger partial charge in [-0.2, -0.15) is 0 Å². The van der Waals surface area contributed by atoms with E-state index in [-0.39, 0.29) is 0 Å². The number of benzene rings is 1. The van der Waals surface area contributed by atoms with Crippen LogP contribution in [0.2, 0.25) is 0 Å². The van der Waals surface area contributed by atoms with Crippen molar-refractivity contribution in [2.45, 2.75) is 32.4 Å². The number of hydrogen-bond acceptors (Lipinski definition) is 3. The monoisotopic (exact) mass is 262 g/mol. The minimum absolute atomic E-state index is 0.340. The van der Waals surface area contributed by atoms with Gasteiger partial charge in [-0.05, 0) is 32.4 Å². The van der Waals surface area contributed by atoms with Gasteiger partial charge in [0.1, 0.15) is 0 Å². The van der Waals surface area contributed by atoms with Crippen LogP contribution in [0.25, 0.3) is 0 Å². The smallest absolute Gasteiger partial charge is 0.0826 e. The lowest BCUT2D eigenvalue weighted by Crippen LogP contribution is -2.49. The van der Waals surface area contributed by atoms with Crippen LogP contribution in [-0.4, -0.2) is 49.8 Å². The predicted molar refractivity (Wildman–Crippen MR) is 79.5 cm³/mol. The average molecular weight is 262 g/mol. The normalized spacial score (nSPS) is 20.9. The molecule has 3 nitrogen and oxygen atoms in total. The lowest BCUT2D eigenvalue weighted by Gasteiger charge is -2.35. The molecule has 0 amide bonds. The average Bonchev–Trinajstić information content (AvgIpc) is 2.45. The van der Waals surface area contributed by atoms with Crippen molar-refractivity contribution >= 4 is 0 Å². The molecule has 0 bridgehead atoms. The van der Waals surface area contributed by atoms with E-state index < -0.39 is 0 Å². The molecule has 0 aromatic heterocycles. The molecule has 1 aliphatic rings. The molecule has 3 heteroatoms. The standard InChI is InChI=1S/C16H26N2O/c1-14(2)18-10-11-19-16(13-18)12-17-9-8-15-6-4-3-5-7-15/h3-7,14,16-17H,8-13H2,1-2H3. The van der Waals surface area contributed by atoms with E-state index >= 15 is 0 Å². The van der Waals surface area contributed by atoms with Crippen LogP contribution >= 0.6 is 0 Å². The summed E-state index contributed by atoms with van der Waals surface area (Å²) in [4.78, 5) is 2.49. The van der Waals surface area contributed by atoms with Crippen molar-refractivity contribution in [2.24, 2.45) is 0 Å². The van der Waals surface area contributed by atoms with Gasteiger partial charge in [-0.1, -0.05) is 30.3 Å². The Balaban J connectivity index is 1.63. The highest BCUT2D eigenvalue weighted by atomic mass is 16.5. The molecule has 0 spiro atoms. The second kappa shape index (κ2) is 7.63. The summed E-state index contributed by atoms with van der Waals surface area (Å²) in [5.74, 6) is 0. The molecule has 1 unspecified atom stereocenters. The summed E-state index contributed by atoms with van der Waals surface area (Å²) in [6.07, 6.45) is 1.42. The molecule has 1 aromatic carbocycles. The molecule has 1 heterocycles. The van der Waals surface area contributed by atoms with Crippen molar-refractivity contribution in [3.05, 3.63) is 35.9 Å². The van der Waals surface area contributed by atoms with E-state index in [1.165, 1.54) is 5.56 Å². The van der Waals surface area contributed by atoms with E-state index in [4.69, 9.17) is 4.74 Å². The van der Waals surface area contributed by atoms with Gasteiger partial charge in [0, 0.05) is 25.7 Å². The quantitative estimate of drug-likeness (QED) is 0.793. The van der Waals surface area contributed by atoms with Crippen molar-refractivity contribution in [1.29, 1.82) is 0 Å². The number of morpholine rings is 1. The summed E-state index contributed by atoms with van der Waals surface area (Å²) in [5.41, 5.74) is 1.39. The van der Waals surface area contributed by atoms with Crippen LogP contribution in [0.1, 0.15) is 19.4 Å². The lowest BCUT2D eigenvalue weighted by atomic mass is 10.1. The van der Waals surface area contributed by atoms with Crippen molar-refractivity contribution in [1.82, 2.24) is 10.2 Å². The number of rotatable bonds is 6. The first kappa shape index (κ1) is 14.5. The molecule has 2 rings (SSSR count). The molecule has 1 N–H and O–H groups in total. The molecular weight excluding hydrogens is 236 g/mol. The highest BCUT2D eigenvalue weighted by Crippen LogP contribution is 2.08. The third-order valence-corrected chi connectivity index (χ3v) is 3.71. The fraction of sp³-hybridized carbons (Fsp3) is 0.625. The number of nitrogens with one attached hydrogen (secondary N) is 1. The highest BCUT2D eigenvalue weighted by molar-refractivity contribution is 5.14. The first-order valence-electron chi connectivity index (χ1n) is 7.36. The van der Waals surface area contributed by atoms with Gasteiger partial charge in [0.05, 0.1) is 12.7 Å². The maximum Gasteiger partial charge on any atom is 0.0826 e. The van der Waals surface area contributed by atoms with E-state index in [0.717, 1.165) is 39.2 Å². The molecule has 1 aromatic rings. The Bertz CT molecular complexity index is 353. The van der Waals surface area contributed by atoms with Crippen molar-refractivity contribution < 1.29 is 4.74 Å². The molecule has 19 heavy (non-hydrogen) atoms. The Hall–Kier alpha value is -0.900. The second-order valence-corrected chi connectivity index (χ2v) is 5.52. The van der Waals surface area contributed by atoms with Gasteiger partial charge in [-0.25, -0.2) is 0 Å². The van der Waals surface area contributed by atoms with Crippen LogP contribution in [0.5, 0.6) is 0 Å². The van der Waals surface area contributed by atoms with E-state index in [1.54, 1.807) is 0 Å². The Kier molecular flexibility index (Phi) is 5.83. The summed E-state index contributed by atoms with van der Waals surface area (Å²) in [5, 5.41) is 3.51. The second-order valence-electron chi connectivity index (χ2n) is 5.52. The van der Waals surface area contributed by atoms with Crippen molar-refractivity contribution in [2.75, 3.05) is 32.8 Å². The van der Waals surface area contributed by atoms with Gasteiger partial charge in [0.25, 0.3) is 0 Å². The van der Waals surface area contributed by atoms with Gasteiger partial charge in [-0.15, -0.1) is 0 Å². The van der Waals surface area contributed by atoms with Crippen LogP contribution in [0.3, 0.4) is 0 Å². The number of hydrogen-bond donors (Lipinski definition) is 1. The Morgan fingerprint density at radius 2 is 2.11 bits per heavy atom. The molecule has 0 saturated carbocycles. The third-order valence-electron chi connectivity index (χ3n) is 3.71. The van der Waals surface area contributed by atoms with Gasteiger partial charge >= 0.3 is 0 Å².